The fraction of sp³-hybridized carbons (Fsp3) is 0.778. The third-order valence-electron chi connectivity index (χ3n) is 3.95. The number of carbonyl (C=O) groups excluding carboxylic acids is 3. The van der Waals surface area contributed by atoms with E-state index < -0.39 is 47.1 Å². The Morgan fingerprint density at radius 1 is 1.07 bits per heavy atom. The SMILES string of the molecule is C.C.O=S(=O)=O.[CH2-]C(CC)NC(=O)C(C)CC(CC)C(=O)NC(C=O)(CO)CO.[Na+]. The van der Waals surface area contributed by atoms with Crippen LogP contribution in [-0.4, -0.2) is 65.7 Å². The van der Waals surface area contributed by atoms with Gasteiger partial charge in [-0.25, -0.2) is 0 Å². The van der Waals surface area contributed by atoms with Crippen LogP contribution in [0.1, 0.15) is 54.9 Å². The van der Waals surface area contributed by atoms with Crippen molar-refractivity contribution in [3.05, 3.63) is 6.92 Å². The van der Waals surface area contributed by atoms with Gasteiger partial charge in [-0.3, -0.25) is 9.59 Å². The van der Waals surface area contributed by atoms with Gasteiger partial charge in [0.15, 0.2) is 0 Å². The molecular formula is C18H37N2NaO8S. The maximum atomic E-state index is 12.3. The number of hydrogen-bond donors (Lipinski definition) is 4. The van der Waals surface area contributed by atoms with Crippen molar-refractivity contribution in [2.75, 3.05) is 13.2 Å². The zero-order valence-electron chi connectivity index (χ0n) is 16.8. The second-order valence-electron chi connectivity index (χ2n) is 6.14. The standard InChI is InChI=1S/C16H29N2O5.2CH4.Na.O3S/c1-5-12(4)17-14(22)11(3)7-13(6-2)15(23)18-16(8-19,9-20)10-21;;;;1-4(2)3/h8,11-13,20-21H,4-7,9-10H2,1-3H3,(H,17,22)(H,18,23);2*1H4;;/q-1;;;+1;. The van der Waals surface area contributed by atoms with Gasteiger partial charge in [-0.1, -0.05) is 48.1 Å². The summed E-state index contributed by atoms with van der Waals surface area (Å²) in [4.78, 5) is 35.3. The van der Waals surface area contributed by atoms with Gasteiger partial charge in [0, 0.05) is 11.8 Å². The average Bonchev–Trinajstić information content (AvgIpc) is 2.63. The second kappa shape index (κ2) is 21.4. The van der Waals surface area contributed by atoms with Crippen LogP contribution < -0.4 is 40.2 Å². The van der Waals surface area contributed by atoms with Gasteiger partial charge >= 0.3 is 40.2 Å². The molecule has 0 spiro atoms. The first kappa shape index (κ1) is 39.6. The number of nitrogens with one attached hydrogen (secondary N) is 2. The molecular weight excluding hydrogens is 427 g/mol. The molecule has 0 heterocycles. The smallest absolute Gasteiger partial charge is 0.393 e. The topological polar surface area (TPSA) is 167 Å². The molecule has 0 saturated heterocycles. The summed E-state index contributed by atoms with van der Waals surface area (Å²) in [6, 6.07) is -0.176. The third-order valence-corrected chi connectivity index (χ3v) is 3.95. The van der Waals surface area contributed by atoms with Crippen molar-refractivity contribution in [2.45, 2.75) is 66.5 Å². The van der Waals surface area contributed by atoms with Gasteiger partial charge in [0.2, 0.25) is 11.8 Å². The third kappa shape index (κ3) is 16.9. The zero-order valence-corrected chi connectivity index (χ0v) is 19.6. The predicted octanol–water partition coefficient (Wildman–Crippen LogP) is -2.92. The van der Waals surface area contributed by atoms with Gasteiger partial charge in [-0.2, -0.15) is 0 Å². The van der Waals surface area contributed by atoms with Crippen molar-refractivity contribution in [2.24, 2.45) is 11.8 Å². The molecule has 0 aromatic carbocycles. The minimum Gasteiger partial charge on any atom is -0.393 e. The Labute approximate surface area is 203 Å². The molecule has 0 radical (unpaired) electrons. The molecule has 0 bridgehead atoms. The first-order chi connectivity index (χ1) is 12.5. The van der Waals surface area contributed by atoms with Crippen molar-refractivity contribution in [1.29, 1.82) is 0 Å². The number of amides is 2. The molecule has 0 rings (SSSR count). The number of aldehydes is 1. The molecule has 0 aromatic rings. The summed E-state index contributed by atoms with van der Waals surface area (Å²) in [5.41, 5.74) is -1.68. The Hall–Kier alpha value is -0.850. The summed E-state index contributed by atoms with van der Waals surface area (Å²) in [7, 11) is -3.11. The molecule has 174 valence electrons. The molecule has 4 N–H and O–H groups in total. The van der Waals surface area contributed by atoms with Crippen LogP contribution in [0.25, 0.3) is 0 Å². The van der Waals surface area contributed by atoms with Crippen LogP contribution in [0.2, 0.25) is 0 Å². The predicted molar refractivity (Wildman–Crippen MR) is 109 cm³/mol. The minimum absolute atomic E-state index is 0. The number of hydrogen-bond acceptors (Lipinski definition) is 8. The van der Waals surface area contributed by atoms with E-state index in [4.69, 9.17) is 12.6 Å². The Kier molecular flexibility index (Phi) is 28.2. The van der Waals surface area contributed by atoms with Crippen molar-refractivity contribution in [3.8, 4) is 0 Å². The van der Waals surface area contributed by atoms with Crippen LogP contribution in [0.5, 0.6) is 0 Å². The van der Waals surface area contributed by atoms with E-state index in [0.29, 0.717) is 25.5 Å². The Morgan fingerprint density at radius 3 is 1.80 bits per heavy atom. The van der Waals surface area contributed by atoms with E-state index in [1.807, 2.05) is 6.92 Å². The molecule has 0 aromatic heterocycles. The van der Waals surface area contributed by atoms with Crippen molar-refractivity contribution in [1.82, 2.24) is 10.6 Å². The van der Waals surface area contributed by atoms with Crippen molar-refractivity contribution >= 4 is 28.7 Å². The van der Waals surface area contributed by atoms with E-state index in [0.717, 1.165) is 0 Å². The summed E-state index contributed by atoms with van der Waals surface area (Å²) in [6.07, 6.45) is 1.81. The zero-order chi connectivity index (χ0) is 21.6. The summed E-state index contributed by atoms with van der Waals surface area (Å²) >= 11 is 0. The molecule has 3 atom stereocenters. The number of aliphatic hydroxyl groups excluding tert-OH is 2. The largest absolute Gasteiger partial charge is 1.00 e. The van der Waals surface area contributed by atoms with Crippen LogP contribution in [0.4, 0.5) is 0 Å². The monoisotopic (exact) mass is 464 g/mol. The number of rotatable bonds is 11. The molecule has 0 aliphatic heterocycles. The van der Waals surface area contributed by atoms with E-state index in [1.165, 1.54) is 0 Å². The van der Waals surface area contributed by atoms with Gasteiger partial charge in [0.05, 0.1) is 13.2 Å². The van der Waals surface area contributed by atoms with E-state index in [1.54, 1.807) is 13.8 Å². The van der Waals surface area contributed by atoms with E-state index in [2.05, 4.69) is 17.6 Å². The van der Waals surface area contributed by atoms with Gasteiger partial charge in [-0.05, 0) is 12.8 Å². The Bertz CT molecular complexity index is 575. The van der Waals surface area contributed by atoms with Gasteiger partial charge in [0.25, 0.3) is 0 Å². The van der Waals surface area contributed by atoms with Gasteiger partial charge in [0.1, 0.15) is 11.8 Å². The Balaban J connectivity index is -0.000000272. The van der Waals surface area contributed by atoms with Crippen molar-refractivity contribution < 1.29 is 66.8 Å². The summed E-state index contributed by atoms with van der Waals surface area (Å²) in [6.45, 7) is 7.84. The maximum Gasteiger partial charge on any atom is 1.00 e. The van der Waals surface area contributed by atoms with E-state index in [9.17, 15) is 24.6 Å². The number of aliphatic hydroxyl groups is 2. The minimum atomic E-state index is -3.11. The quantitative estimate of drug-likeness (QED) is 0.143. The molecule has 12 heteroatoms. The molecule has 3 unspecified atom stereocenters. The molecule has 0 aliphatic carbocycles. The van der Waals surface area contributed by atoms with Crippen molar-refractivity contribution in [3.63, 3.8) is 0 Å². The number of carbonyl (C=O) groups is 3. The van der Waals surface area contributed by atoms with Crippen LogP contribution in [0.3, 0.4) is 0 Å². The first-order valence-electron chi connectivity index (χ1n) is 8.42. The van der Waals surface area contributed by atoms with E-state index in [-0.39, 0.29) is 56.4 Å². The summed E-state index contributed by atoms with van der Waals surface area (Å²) < 4.78 is 25.3. The van der Waals surface area contributed by atoms with E-state index >= 15 is 0 Å². The molecule has 30 heavy (non-hydrogen) atoms. The molecule has 0 aliphatic rings. The molecule has 2 amide bonds. The Morgan fingerprint density at radius 2 is 1.50 bits per heavy atom. The molecule has 10 nitrogen and oxygen atoms in total. The maximum absolute atomic E-state index is 12.3. The van der Waals surface area contributed by atoms with Crippen LogP contribution in [0.15, 0.2) is 0 Å². The van der Waals surface area contributed by atoms with Crippen LogP contribution in [0, 0.1) is 18.8 Å². The molecule has 0 saturated carbocycles. The van der Waals surface area contributed by atoms with Gasteiger partial charge in [-0.15, -0.1) is 12.6 Å². The molecule has 0 fully saturated rings. The summed E-state index contributed by atoms with van der Waals surface area (Å²) in [5, 5.41) is 23.5. The second-order valence-corrected chi connectivity index (χ2v) is 6.55. The van der Waals surface area contributed by atoms with Crippen LogP contribution in [-0.2, 0) is 25.0 Å². The summed E-state index contributed by atoms with van der Waals surface area (Å²) in [5.74, 6) is -1.54. The fourth-order valence-corrected chi connectivity index (χ4v) is 2.02. The van der Waals surface area contributed by atoms with Gasteiger partial charge < -0.3 is 32.6 Å². The fourth-order valence-electron chi connectivity index (χ4n) is 2.02. The average molecular weight is 465 g/mol. The van der Waals surface area contributed by atoms with Crippen LogP contribution >= 0.6 is 0 Å². The first-order valence-corrected chi connectivity index (χ1v) is 9.42. The normalized spacial score (nSPS) is 12.6.